The summed E-state index contributed by atoms with van der Waals surface area (Å²) in [4.78, 5) is 70.5. The third-order valence-electron chi connectivity index (χ3n) is 12.6. The fourth-order valence-corrected chi connectivity index (χ4v) is 8.24. The minimum atomic E-state index is -1.16. The van der Waals surface area contributed by atoms with E-state index >= 15 is 0 Å². The fourth-order valence-electron chi connectivity index (χ4n) is 7.59. The molecule has 6 N–H and O–H groups in total. The van der Waals surface area contributed by atoms with Crippen molar-refractivity contribution in [2.45, 2.75) is 160 Å². The number of amides is 3. The first-order valence-electron chi connectivity index (χ1n) is 30.0. The molecule has 0 aliphatic rings. The fraction of sp³-hybridized carbons (Fsp3) is 0.895. The minimum Gasteiger partial charge on any atom is -0.481 e. The number of ether oxygens (including phenoxy) is 12. The molecule has 0 aromatic carbocycles. The number of Topliss-reactive ketones (excluding diaryl/α,β-unsaturated/α-hetero) is 1. The van der Waals surface area contributed by atoms with E-state index in [2.05, 4.69) is 19.5 Å². The number of unbranched alkanes of at least 4 members (excludes halogenated alkanes) is 14. The lowest BCUT2D eigenvalue weighted by Gasteiger charge is -2.24. The Balaban J connectivity index is 3.38. The van der Waals surface area contributed by atoms with Gasteiger partial charge in [-0.15, -0.1) is 0 Å². The number of rotatable bonds is 67. The van der Waals surface area contributed by atoms with Gasteiger partial charge >= 0.3 is 11.9 Å². The number of aliphatic carboxylic acids is 2. The van der Waals surface area contributed by atoms with E-state index in [9.17, 15) is 33.9 Å². The minimum absolute atomic E-state index is 0.00156. The number of carboxylic acid groups (broad SMARTS) is 2. The summed E-state index contributed by atoms with van der Waals surface area (Å²) in [5, 5.41) is 26.3. The Kier molecular flexibility index (Phi) is 59.3. The summed E-state index contributed by atoms with van der Waals surface area (Å²) in [6, 6.07) is -1.12. The van der Waals surface area contributed by atoms with Gasteiger partial charge in [0.15, 0.2) is 0 Å². The van der Waals surface area contributed by atoms with Crippen LogP contribution in [0.5, 0.6) is 0 Å². The number of carbonyl (C=O) groups is 6. The first-order valence-corrected chi connectivity index (χ1v) is 31.1. The standard InChI is InChI=1S/C57H107IN4O20/c1-50(63)57(2,62-58)23-17-18-24-59-54(66)49-82-48-47-81-46-45-80-44-43-79-42-41-78-40-39-77-38-37-76-36-35-75-34-33-74-32-31-73-30-29-72-28-27-71-26-25-60-52(64)22-21-51(56(69)70)61-53(65)19-15-13-11-9-7-5-3-4-6-8-10-12-14-16-20-55(67)68/h51,62H,3-49H2,1-2H3,(H,59,66)(H,60,64)(H,61,65)(H,67,68)(H,69,70)/t51-,57+/m0/s1. The molecule has 0 spiro atoms. The summed E-state index contributed by atoms with van der Waals surface area (Å²) < 4.78 is 68.8. The molecule has 0 saturated carbocycles. The van der Waals surface area contributed by atoms with Crippen molar-refractivity contribution in [1.29, 1.82) is 0 Å². The highest BCUT2D eigenvalue weighted by Gasteiger charge is 2.27. The van der Waals surface area contributed by atoms with E-state index in [-0.39, 0.29) is 68.9 Å². The summed E-state index contributed by atoms with van der Waals surface area (Å²) in [5.41, 5.74) is -0.536. The molecule has 0 fully saturated rings. The molecule has 0 saturated heterocycles. The maximum absolute atomic E-state index is 12.4. The molecule has 0 aromatic rings. The molecule has 0 aromatic heterocycles. The summed E-state index contributed by atoms with van der Waals surface area (Å²) >= 11 is 2.00. The van der Waals surface area contributed by atoms with Crippen LogP contribution >= 0.6 is 22.9 Å². The van der Waals surface area contributed by atoms with Crippen LogP contribution in [-0.4, -0.2) is 229 Å². The third kappa shape index (κ3) is 57.7. The summed E-state index contributed by atoms with van der Waals surface area (Å²) in [7, 11) is 0. The van der Waals surface area contributed by atoms with Crippen molar-refractivity contribution < 1.29 is 95.8 Å². The van der Waals surface area contributed by atoms with Gasteiger partial charge in [-0.25, -0.2) is 8.32 Å². The average Bonchev–Trinajstić information content (AvgIpc) is 3.47. The highest BCUT2D eigenvalue weighted by atomic mass is 127. The number of nitrogens with one attached hydrogen (secondary N) is 4. The lowest BCUT2D eigenvalue weighted by atomic mass is 9.92. The molecule has 482 valence electrons. The zero-order valence-electron chi connectivity index (χ0n) is 49.9. The molecule has 25 heteroatoms. The molecule has 0 rings (SSSR count). The zero-order chi connectivity index (χ0) is 60.1. The van der Waals surface area contributed by atoms with E-state index in [1.807, 2.05) is 29.8 Å². The summed E-state index contributed by atoms with van der Waals surface area (Å²) in [5.74, 6) is -2.58. The molecule has 0 aliphatic carbocycles. The van der Waals surface area contributed by atoms with Crippen LogP contribution in [0.3, 0.4) is 0 Å². The van der Waals surface area contributed by atoms with Crippen molar-refractivity contribution in [3.8, 4) is 0 Å². The Morgan fingerprint density at radius 1 is 0.390 bits per heavy atom. The largest absolute Gasteiger partial charge is 0.481 e. The Hall–Kier alpha value is -2.77. The van der Waals surface area contributed by atoms with E-state index < -0.39 is 23.5 Å². The third-order valence-corrected chi connectivity index (χ3v) is 13.8. The van der Waals surface area contributed by atoms with Gasteiger partial charge in [0.2, 0.25) is 17.7 Å². The lowest BCUT2D eigenvalue weighted by molar-refractivity contribution is -0.142. The van der Waals surface area contributed by atoms with Crippen molar-refractivity contribution in [3.63, 3.8) is 0 Å². The highest BCUT2D eigenvalue weighted by Crippen LogP contribution is 2.17. The Morgan fingerprint density at radius 3 is 1.06 bits per heavy atom. The normalized spacial score (nSPS) is 12.5. The summed E-state index contributed by atoms with van der Waals surface area (Å²) in [6.45, 7) is 13.8. The van der Waals surface area contributed by atoms with Gasteiger partial charge < -0.3 is 83.0 Å². The Morgan fingerprint density at radius 2 is 0.720 bits per heavy atom. The predicted molar refractivity (Wildman–Crippen MR) is 316 cm³/mol. The van der Waals surface area contributed by atoms with Crippen LogP contribution in [0.25, 0.3) is 0 Å². The molecular weight excluding hydrogens is 1190 g/mol. The van der Waals surface area contributed by atoms with E-state index in [0.29, 0.717) is 165 Å². The molecule has 0 radical (unpaired) electrons. The molecule has 82 heavy (non-hydrogen) atoms. The van der Waals surface area contributed by atoms with Crippen LogP contribution in [0.15, 0.2) is 0 Å². The van der Waals surface area contributed by atoms with Crippen LogP contribution in [0, 0.1) is 0 Å². The first-order chi connectivity index (χ1) is 39.9. The number of hydrogen-bond donors (Lipinski definition) is 6. The Bertz CT molecular complexity index is 1530. The number of halogens is 1. The number of carboxylic acids is 2. The van der Waals surface area contributed by atoms with Crippen LogP contribution in [0.2, 0.25) is 0 Å². The van der Waals surface area contributed by atoms with Crippen molar-refractivity contribution in [1.82, 2.24) is 19.5 Å². The predicted octanol–water partition coefficient (Wildman–Crippen LogP) is 5.55. The number of ketones is 1. The van der Waals surface area contributed by atoms with Crippen LogP contribution in [-0.2, 0) is 85.6 Å². The van der Waals surface area contributed by atoms with E-state index in [4.69, 9.17) is 61.9 Å². The van der Waals surface area contributed by atoms with Gasteiger partial charge in [-0.3, -0.25) is 24.0 Å². The van der Waals surface area contributed by atoms with Crippen molar-refractivity contribution in [2.24, 2.45) is 0 Å². The molecule has 0 bridgehead atoms. The monoisotopic (exact) mass is 1290 g/mol. The Labute approximate surface area is 503 Å². The van der Waals surface area contributed by atoms with Gasteiger partial charge in [0, 0.05) is 55.2 Å². The second-order valence-electron chi connectivity index (χ2n) is 19.8. The maximum Gasteiger partial charge on any atom is 0.326 e. The second-order valence-corrected chi connectivity index (χ2v) is 20.3. The molecule has 3 amide bonds. The second kappa shape index (κ2) is 61.3. The van der Waals surface area contributed by atoms with Crippen molar-refractivity contribution in [2.75, 3.05) is 172 Å². The van der Waals surface area contributed by atoms with Gasteiger partial charge in [0.25, 0.3) is 0 Å². The van der Waals surface area contributed by atoms with Gasteiger partial charge in [-0.05, 0) is 52.4 Å². The quantitative estimate of drug-likeness (QED) is 0.0247. The lowest BCUT2D eigenvalue weighted by Crippen LogP contribution is -2.43. The van der Waals surface area contributed by atoms with Crippen molar-refractivity contribution in [3.05, 3.63) is 0 Å². The van der Waals surface area contributed by atoms with Gasteiger partial charge in [-0.1, -0.05) is 77.0 Å². The molecular formula is C57H107IN4O20. The molecule has 0 aliphatic heterocycles. The molecule has 0 heterocycles. The van der Waals surface area contributed by atoms with E-state index in [1.54, 1.807) is 6.92 Å². The average molecular weight is 1300 g/mol. The molecule has 2 atom stereocenters. The molecule has 24 nitrogen and oxygen atoms in total. The molecule has 0 unspecified atom stereocenters. The van der Waals surface area contributed by atoms with Crippen LogP contribution in [0.1, 0.15) is 149 Å². The van der Waals surface area contributed by atoms with Crippen molar-refractivity contribution >= 4 is 58.3 Å². The first kappa shape index (κ1) is 79.2. The summed E-state index contributed by atoms with van der Waals surface area (Å²) in [6.07, 6.45) is 18.0. The number of hydrogen-bond acceptors (Lipinski definition) is 19. The van der Waals surface area contributed by atoms with E-state index in [1.165, 1.54) is 44.9 Å². The zero-order valence-corrected chi connectivity index (χ0v) is 52.1. The topological polar surface area (TPSA) is 302 Å². The maximum atomic E-state index is 12.4. The van der Waals surface area contributed by atoms with Gasteiger partial charge in [-0.2, -0.15) is 0 Å². The smallest absolute Gasteiger partial charge is 0.326 e. The van der Waals surface area contributed by atoms with Crippen LogP contribution in [0.4, 0.5) is 0 Å². The SMILES string of the molecule is CC(=O)[C@@](C)(CCCCNC(=O)COCCOCCOCCOCCOCCOCCOCCOCCOCCOCCOCCOCCNC(=O)CC[C@H](NC(=O)CCCCCCCCCCCCCCCCC(=O)O)C(=O)O)NI. The highest BCUT2D eigenvalue weighted by molar-refractivity contribution is 14.1. The van der Waals surface area contributed by atoms with Gasteiger partial charge in [0.05, 0.1) is 157 Å². The van der Waals surface area contributed by atoms with Crippen LogP contribution < -0.4 is 19.5 Å². The van der Waals surface area contributed by atoms with E-state index in [0.717, 1.165) is 51.4 Å². The number of carbonyl (C=O) groups excluding carboxylic acids is 4. The van der Waals surface area contributed by atoms with Gasteiger partial charge in [0.1, 0.15) is 18.4 Å².